The van der Waals surface area contributed by atoms with E-state index in [2.05, 4.69) is 26.7 Å². The number of nitrogens with zero attached hydrogens (tertiary/aromatic N) is 3. The Labute approximate surface area is 103 Å². The van der Waals surface area contributed by atoms with Crippen LogP contribution in [0.25, 0.3) is 0 Å². The molecule has 0 bridgehead atoms. The van der Waals surface area contributed by atoms with Crippen LogP contribution >= 0.6 is 0 Å². The quantitative estimate of drug-likeness (QED) is 0.799. The van der Waals surface area contributed by atoms with Crippen LogP contribution in [0.15, 0.2) is 12.5 Å². The van der Waals surface area contributed by atoms with Crippen molar-refractivity contribution >= 4 is 0 Å². The average molecular weight is 234 g/mol. The molecule has 1 aliphatic heterocycles. The first kappa shape index (κ1) is 11.2. The Balaban J connectivity index is 1.58. The van der Waals surface area contributed by atoms with Gasteiger partial charge in [-0.2, -0.15) is 0 Å². The lowest BCUT2D eigenvalue weighted by Gasteiger charge is -2.28. The summed E-state index contributed by atoms with van der Waals surface area (Å²) in [6, 6.07) is 0.873. The molecule has 17 heavy (non-hydrogen) atoms. The molecular weight excluding hydrogens is 212 g/mol. The van der Waals surface area contributed by atoms with Crippen molar-refractivity contribution in [3.8, 4) is 0 Å². The van der Waals surface area contributed by atoms with Gasteiger partial charge in [-0.3, -0.25) is 4.90 Å². The van der Waals surface area contributed by atoms with E-state index >= 15 is 0 Å². The molecule has 0 aromatic carbocycles. The van der Waals surface area contributed by atoms with Crippen molar-refractivity contribution in [1.29, 1.82) is 0 Å². The second-order valence-corrected chi connectivity index (χ2v) is 5.23. The summed E-state index contributed by atoms with van der Waals surface area (Å²) in [6.07, 6.45) is 6.83. The third kappa shape index (κ3) is 2.38. The topological polar surface area (TPSA) is 33.1 Å². The van der Waals surface area contributed by atoms with Gasteiger partial charge in [-0.15, -0.1) is 0 Å². The largest absolute Gasteiger partial charge is 0.333 e. The van der Waals surface area contributed by atoms with Crippen molar-refractivity contribution < 1.29 is 0 Å². The van der Waals surface area contributed by atoms with Crippen LogP contribution in [0.5, 0.6) is 0 Å². The second kappa shape index (κ2) is 4.78. The van der Waals surface area contributed by atoms with E-state index in [-0.39, 0.29) is 0 Å². The highest BCUT2D eigenvalue weighted by Gasteiger charge is 2.28. The van der Waals surface area contributed by atoms with E-state index in [0.29, 0.717) is 5.92 Å². The van der Waals surface area contributed by atoms with Crippen molar-refractivity contribution in [2.75, 3.05) is 26.2 Å². The van der Waals surface area contributed by atoms with Gasteiger partial charge in [0, 0.05) is 50.0 Å². The van der Waals surface area contributed by atoms with Crippen LogP contribution in [-0.4, -0.2) is 46.7 Å². The zero-order valence-corrected chi connectivity index (χ0v) is 10.6. The molecule has 3 rings (SSSR count). The van der Waals surface area contributed by atoms with Crippen LogP contribution in [0.3, 0.4) is 0 Å². The van der Waals surface area contributed by atoms with Gasteiger partial charge in [0.25, 0.3) is 0 Å². The molecule has 4 heteroatoms. The number of rotatable bonds is 6. The number of nitrogens with one attached hydrogen (secondary N) is 1. The fraction of sp³-hybridized carbons (Fsp3) is 0.769. The third-order valence-corrected chi connectivity index (χ3v) is 4.04. The number of imidazole rings is 1. The van der Waals surface area contributed by atoms with E-state index in [4.69, 9.17) is 0 Å². The van der Waals surface area contributed by atoms with E-state index in [1.54, 1.807) is 0 Å². The van der Waals surface area contributed by atoms with E-state index in [1.807, 2.05) is 12.5 Å². The summed E-state index contributed by atoms with van der Waals surface area (Å²) in [7, 11) is 0. The number of aromatic nitrogens is 2. The van der Waals surface area contributed by atoms with E-state index in [1.165, 1.54) is 31.6 Å². The smallest absolute Gasteiger partial charge is 0.0948 e. The maximum Gasteiger partial charge on any atom is 0.0948 e. The van der Waals surface area contributed by atoms with Gasteiger partial charge in [-0.05, 0) is 19.4 Å². The highest BCUT2D eigenvalue weighted by Crippen LogP contribution is 2.26. The maximum absolute atomic E-state index is 4.31. The molecule has 94 valence electrons. The molecule has 0 unspecified atom stereocenters. The first-order chi connectivity index (χ1) is 8.38. The molecule has 0 radical (unpaired) electrons. The summed E-state index contributed by atoms with van der Waals surface area (Å²) in [5, 5.41) is 3.33. The van der Waals surface area contributed by atoms with Crippen molar-refractivity contribution in [2.24, 2.45) is 0 Å². The van der Waals surface area contributed by atoms with Crippen molar-refractivity contribution in [1.82, 2.24) is 19.8 Å². The lowest BCUT2D eigenvalue weighted by molar-refractivity contribution is 0.263. The Bertz CT molecular complexity index is 365. The minimum Gasteiger partial charge on any atom is -0.333 e. The zero-order chi connectivity index (χ0) is 11.7. The minimum atomic E-state index is 0.688. The van der Waals surface area contributed by atoms with Crippen LogP contribution in [0, 0.1) is 0 Å². The Morgan fingerprint density at radius 2 is 2.29 bits per heavy atom. The van der Waals surface area contributed by atoms with Gasteiger partial charge in [-0.1, -0.05) is 6.92 Å². The van der Waals surface area contributed by atoms with E-state index < -0.39 is 0 Å². The molecule has 0 spiro atoms. The van der Waals surface area contributed by atoms with E-state index in [9.17, 15) is 0 Å². The van der Waals surface area contributed by atoms with Crippen molar-refractivity contribution in [3.05, 3.63) is 18.2 Å². The Kier molecular flexibility index (Phi) is 3.16. The van der Waals surface area contributed by atoms with Crippen LogP contribution in [0.4, 0.5) is 0 Å². The Morgan fingerprint density at radius 3 is 2.88 bits per heavy atom. The van der Waals surface area contributed by atoms with Gasteiger partial charge in [0.1, 0.15) is 0 Å². The highest BCUT2D eigenvalue weighted by atomic mass is 15.2. The summed E-state index contributed by atoms with van der Waals surface area (Å²) in [5.74, 6) is 0.688. The number of likely N-dealkylation sites (N-methyl/N-ethyl adjacent to an activating group) is 1. The van der Waals surface area contributed by atoms with Gasteiger partial charge in [-0.25, -0.2) is 4.98 Å². The predicted octanol–water partition coefficient (Wildman–Crippen LogP) is 1.05. The third-order valence-electron chi connectivity index (χ3n) is 4.04. The normalized spacial score (nSPS) is 20.8. The second-order valence-electron chi connectivity index (χ2n) is 5.23. The number of hydrogen-bond donors (Lipinski definition) is 1. The molecule has 1 aromatic rings. The van der Waals surface area contributed by atoms with Crippen LogP contribution in [0.1, 0.15) is 31.4 Å². The molecule has 2 heterocycles. The van der Waals surface area contributed by atoms with Gasteiger partial charge < -0.3 is 9.88 Å². The first-order valence-electron chi connectivity index (χ1n) is 6.83. The molecule has 4 nitrogen and oxygen atoms in total. The molecule has 1 N–H and O–H groups in total. The maximum atomic E-state index is 4.31. The van der Waals surface area contributed by atoms with Gasteiger partial charge in [0.2, 0.25) is 0 Å². The SMILES string of the molecule is CCN(CCn1cncc1C1CNC1)C1CC1. The lowest BCUT2D eigenvalue weighted by atomic mass is 10.00. The van der Waals surface area contributed by atoms with Crippen LogP contribution in [0.2, 0.25) is 0 Å². The van der Waals surface area contributed by atoms with Gasteiger partial charge in [0.05, 0.1) is 6.33 Å². The summed E-state index contributed by atoms with van der Waals surface area (Å²) in [4.78, 5) is 6.91. The van der Waals surface area contributed by atoms with Gasteiger partial charge in [0.15, 0.2) is 0 Å². The van der Waals surface area contributed by atoms with Crippen molar-refractivity contribution in [3.63, 3.8) is 0 Å². The summed E-state index contributed by atoms with van der Waals surface area (Å²) >= 11 is 0. The van der Waals surface area contributed by atoms with Crippen LogP contribution < -0.4 is 5.32 Å². The summed E-state index contributed by atoms with van der Waals surface area (Å²) < 4.78 is 2.34. The number of hydrogen-bond acceptors (Lipinski definition) is 3. The fourth-order valence-corrected chi connectivity index (χ4v) is 2.63. The van der Waals surface area contributed by atoms with Gasteiger partial charge >= 0.3 is 0 Å². The molecule has 0 amide bonds. The highest BCUT2D eigenvalue weighted by molar-refractivity contribution is 5.11. The Hall–Kier alpha value is -0.870. The molecule has 1 saturated carbocycles. The standard InChI is InChI=1S/C13H22N4/c1-2-16(12-3-4-12)5-6-17-10-15-9-13(17)11-7-14-8-11/h9-12,14H,2-8H2,1H3. The average Bonchev–Trinajstić information content (AvgIpc) is 3.00. The molecule has 2 aliphatic rings. The van der Waals surface area contributed by atoms with E-state index in [0.717, 1.165) is 25.7 Å². The van der Waals surface area contributed by atoms with Crippen molar-refractivity contribution in [2.45, 2.75) is 38.3 Å². The molecule has 0 atom stereocenters. The first-order valence-corrected chi connectivity index (χ1v) is 6.83. The molecule has 1 aliphatic carbocycles. The molecule has 1 saturated heterocycles. The Morgan fingerprint density at radius 1 is 1.47 bits per heavy atom. The van der Waals surface area contributed by atoms with Crippen LogP contribution in [-0.2, 0) is 6.54 Å². The lowest BCUT2D eigenvalue weighted by Crippen LogP contribution is -2.41. The molecule has 1 aromatic heterocycles. The predicted molar refractivity (Wildman–Crippen MR) is 68.1 cm³/mol. The fourth-order valence-electron chi connectivity index (χ4n) is 2.63. The minimum absolute atomic E-state index is 0.688. The monoisotopic (exact) mass is 234 g/mol. The molecular formula is C13H22N4. The molecule has 2 fully saturated rings. The summed E-state index contributed by atoms with van der Waals surface area (Å²) in [6.45, 7) is 7.95. The zero-order valence-electron chi connectivity index (χ0n) is 10.6. The summed E-state index contributed by atoms with van der Waals surface area (Å²) in [5.41, 5.74) is 1.41.